The zero-order valence-corrected chi connectivity index (χ0v) is 11.0. The first-order chi connectivity index (χ1) is 8.70. The first-order valence-electron chi connectivity index (χ1n) is 5.77. The number of H-pyrrole nitrogens is 1. The Labute approximate surface area is 108 Å². The Morgan fingerprint density at radius 2 is 2.33 bits per heavy atom. The van der Waals surface area contributed by atoms with Gasteiger partial charge in [0.25, 0.3) is 0 Å². The van der Waals surface area contributed by atoms with E-state index in [0.717, 1.165) is 23.9 Å². The molecule has 8 heteroatoms. The molecule has 0 unspecified atom stereocenters. The molecule has 0 aliphatic carbocycles. The monoisotopic (exact) mass is 268 g/mol. The van der Waals surface area contributed by atoms with Crippen LogP contribution in [-0.2, 0) is 13.1 Å². The molecule has 2 aromatic rings. The number of thioether (sulfide) groups is 1. The van der Waals surface area contributed by atoms with Crippen LogP contribution in [0.3, 0.4) is 0 Å². The Kier molecular flexibility index (Phi) is 4.08. The van der Waals surface area contributed by atoms with Gasteiger partial charge in [0, 0.05) is 18.5 Å². The fraction of sp³-hybridized carbons (Fsp3) is 0.500. The van der Waals surface area contributed by atoms with Crippen LogP contribution in [0.25, 0.3) is 0 Å². The lowest BCUT2D eigenvalue weighted by Gasteiger charge is -2.03. The van der Waals surface area contributed by atoms with Crippen LogP contribution in [0.4, 0.5) is 5.82 Å². The number of nitrogens with zero attached hydrogens (tertiary/aromatic N) is 4. The van der Waals surface area contributed by atoms with Crippen molar-refractivity contribution < 1.29 is 0 Å². The highest BCUT2D eigenvalue weighted by Crippen LogP contribution is 2.13. The molecule has 0 amide bonds. The van der Waals surface area contributed by atoms with Crippen molar-refractivity contribution in [2.45, 2.75) is 31.6 Å². The van der Waals surface area contributed by atoms with Gasteiger partial charge in [0.1, 0.15) is 5.82 Å². The number of rotatable bonds is 6. The van der Waals surface area contributed by atoms with E-state index in [1.54, 1.807) is 15.3 Å². The number of nitrogens with two attached hydrogens (primary N) is 1. The average molecular weight is 268 g/mol. The predicted octanol–water partition coefficient (Wildman–Crippen LogP) is 0.552. The Morgan fingerprint density at radius 1 is 1.50 bits per heavy atom. The second kappa shape index (κ2) is 5.76. The second-order valence-corrected chi connectivity index (χ2v) is 4.88. The van der Waals surface area contributed by atoms with Crippen LogP contribution >= 0.6 is 11.8 Å². The summed E-state index contributed by atoms with van der Waals surface area (Å²) in [5.41, 5.74) is 5.38. The van der Waals surface area contributed by atoms with Gasteiger partial charge in [0.2, 0.25) is 0 Å². The lowest BCUT2D eigenvalue weighted by atomic mass is 10.5. The van der Waals surface area contributed by atoms with Crippen LogP contribution in [0.1, 0.15) is 13.3 Å². The third-order valence-electron chi connectivity index (χ3n) is 2.38. The van der Waals surface area contributed by atoms with Crippen molar-refractivity contribution in [3.63, 3.8) is 0 Å². The van der Waals surface area contributed by atoms with Gasteiger partial charge in [0.05, 0.1) is 6.54 Å². The summed E-state index contributed by atoms with van der Waals surface area (Å²) in [6.07, 6.45) is 2.74. The SMILES string of the molecule is CCCn1c(SCCn2ccc(N)n2)n[nH]c1=O. The highest BCUT2D eigenvalue weighted by atomic mass is 32.2. The van der Waals surface area contributed by atoms with E-state index in [4.69, 9.17) is 5.73 Å². The average Bonchev–Trinajstić information content (AvgIpc) is 2.90. The second-order valence-electron chi connectivity index (χ2n) is 3.82. The summed E-state index contributed by atoms with van der Waals surface area (Å²) in [7, 11) is 0. The number of hydrogen-bond donors (Lipinski definition) is 2. The molecule has 0 fully saturated rings. The molecule has 0 radical (unpaired) electrons. The quantitative estimate of drug-likeness (QED) is 0.746. The first kappa shape index (κ1) is 12.7. The van der Waals surface area contributed by atoms with E-state index in [0.29, 0.717) is 12.4 Å². The van der Waals surface area contributed by atoms with E-state index < -0.39 is 0 Å². The number of nitrogen functional groups attached to an aromatic ring is 1. The third kappa shape index (κ3) is 2.95. The molecule has 2 rings (SSSR count). The van der Waals surface area contributed by atoms with Gasteiger partial charge >= 0.3 is 5.69 Å². The van der Waals surface area contributed by atoms with E-state index >= 15 is 0 Å². The van der Waals surface area contributed by atoms with E-state index in [1.807, 2.05) is 13.1 Å². The van der Waals surface area contributed by atoms with Gasteiger partial charge in [-0.25, -0.2) is 9.89 Å². The Hall–Kier alpha value is -1.70. The Bertz CT molecular complexity index is 557. The van der Waals surface area contributed by atoms with Gasteiger partial charge in [0.15, 0.2) is 5.16 Å². The summed E-state index contributed by atoms with van der Waals surface area (Å²) < 4.78 is 3.43. The summed E-state index contributed by atoms with van der Waals surface area (Å²) in [4.78, 5) is 11.5. The topological polar surface area (TPSA) is 94.5 Å². The van der Waals surface area contributed by atoms with E-state index in [2.05, 4.69) is 15.3 Å². The maximum absolute atomic E-state index is 11.5. The van der Waals surface area contributed by atoms with Gasteiger partial charge < -0.3 is 5.73 Å². The largest absolute Gasteiger partial charge is 0.382 e. The summed E-state index contributed by atoms with van der Waals surface area (Å²) >= 11 is 1.53. The molecule has 0 saturated heterocycles. The Balaban J connectivity index is 1.92. The van der Waals surface area contributed by atoms with Gasteiger partial charge in [-0.05, 0) is 12.5 Å². The number of aromatic nitrogens is 5. The van der Waals surface area contributed by atoms with Crippen molar-refractivity contribution in [3.8, 4) is 0 Å². The molecular weight excluding hydrogens is 252 g/mol. The molecule has 3 N–H and O–H groups in total. The zero-order chi connectivity index (χ0) is 13.0. The minimum absolute atomic E-state index is 0.150. The Morgan fingerprint density at radius 3 is 3.00 bits per heavy atom. The minimum atomic E-state index is -0.150. The molecule has 0 aliphatic heterocycles. The van der Waals surface area contributed by atoms with Gasteiger partial charge in [-0.15, -0.1) is 5.10 Å². The van der Waals surface area contributed by atoms with Gasteiger partial charge in [-0.2, -0.15) is 5.10 Å². The smallest absolute Gasteiger partial charge is 0.343 e. The van der Waals surface area contributed by atoms with E-state index in [-0.39, 0.29) is 5.69 Å². The van der Waals surface area contributed by atoms with Crippen LogP contribution in [0, 0.1) is 0 Å². The fourth-order valence-electron chi connectivity index (χ4n) is 1.57. The molecule has 2 aromatic heterocycles. The molecule has 2 heterocycles. The number of anilines is 1. The lowest BCUT2D eigenvalue weighted by molar-refractivity contribution is 0.602. The summed E-state index contributed by atoms with van der Waals surface area (Å²) in [6, 6.07) is 1.76. The van der Waals surface area contributed by atoms with Crippen molar-refractivity contribution in [2.24, 2.45) is 0 Å². The van der Waals surface area contributed by atoms with Crippen molar-refractivity contribution in [1.82, 2.24) is 24.5 Å². The van der Waals surface area contributed by atoms with E-state index in [9.17, 15) is 4.79 Å². The lowest BCUT2D eigenvalue weighted by Crippen LogP contribution is -2.17. The molecule has 0 atom stereocenters. The number of aryl methyl sites for hydroxylation is 1. The number of aromatic amines is 1. The number of hydrogen-bond acceptors (Lipinski definition) is 5. The molecule has 0 aliphatic rings. The standard InChI is InChI=1S/C10H16N6OS/c1-2-4-16-9(17)12-13-10(16)18-7-6-15-5-3-8(11)14-15/h3,5H,2,4,6-7H2,1H3,(H2,11,14)(H,12,17). The van der Waals surface area contributed by atoms with E-state index in [1.165, 1.54) is 11.8 Å². The highest BCUT2D eigenvalue weighted by molar-refractivity contribution is 7.99. The molecule has 18 heavy (non-hydrogen) atoms. The third-order valence-corrected chi connectivity index (χ3v) is 3.34. The summed E-state index contributed by atoms with van der Waals surface area (Å²) in [5.74, 6) is 1.30. The van der Waals surface area contributed by atoms with Gasteiger partial charge in [-0.1, -0.05) is 18.7 Å². The van der Waals surface area contributed by atoms with Gasteiger partial charge in [-0.3, -0.25) is 9.25 Å². The minimum Gasteiger partial charge on any atom is -0.382 e. The van der Waals surface area contributed by atoms with Crippen molar-refractivity contribution in [3.05, 3.63) is 22.7 Å². The maximum Gasteiger partial charge on any atom is 0.343 e. The maximum atomic E-state index is 11.5. The zero-order valence-electron chi connectivity index (χ0n) is 10.2. The van der Waals surface area contributed by atoms with Crippen molar-refractivity contribution in [1.29, 1.82) is 0 Å². The number of nitrogens with one attached hydrogen (secondary N) is 1. The molecule has 0 aromatic carbocycles. The van der Waals surface area contributed by atoms with Crippen molar-refractivity contribution >= 4 is 17.6 Å². The molecule has 7 nitrogen and oxygen atoms in total. The normalized spacial score (nSPS) is 10.9. The summed E-state index contributed by atoms with van der Waals surface area (Å²) in [5, 5.41) is 11.3. The van der Waals surface area contributed by atoms with Crippen molar-refractivity contribution in [2.75, 3.05) is 11.5 Å². The molecule has 0 spiro atoms. The van der Waals surface area contributed by atoms with Crippen LogP contribution in [0.2, 0.25) is 0 Å². The van der Waals surface area contributed by atoms with Crippen LogP contribution in [-0.4, -0.2) is 30.3 Å². The predicted molar refractivity (Wildman–Crippen MR) is 70.5 cm³/mol. The molecular formula is C10H16N6OS. The van der Waals surface area contributed by atoms with Crippen LogP contribution in [0.15, 0.2) is 22.2 Å². The fourth-order valence-corrected chi connectivity index (χ4v) is 2.47. The molecule has 0 bridgehead atoms. The van der Waals surface area contributed by atoms with Crippen LogP contribution in [0.5, 0.6) is 0 Å². The van der Waals surface area contributed by atoms with Crippen LogP contribution < -0.4 is 11.4 Å². The molecule has 0 saturated carbocycles. The molecule has 98 valence electrons. The first-order valence-corrected chi connectivity index (χ1v) is 6.76. The summed E-state index contributed by atoms with van der Waals surface area (Å²) in [6.45, 7) is 3.45. The highest BCUT2D eigenvalue weighted by Gasteiger charge is 2.07.